The van der Waals surface area contributed by atoms with Crippen molar-refractivity contribution in [2.24, 2.45) is 0 Å². The van der Waals surface area contributed by atoms with Crippen LogP contribution in [-0.2, 0) is 0 Å². The fourth-order valence-corrected chi connectivity index (χ4v) is 4.33. The monoisotopic (exact) mass is 333 g/mol. The van der Waals surface area contributed by atoms with Gasteiger partial charge in [-0.05, 0) is 42.0 Å². The van der Waals surface area contributed by atoms with Crippen LogP contribution in [0.2, 0.25) is 19.6 Å². The standard InChI is InChI=1S/C22H27NSi/c1-15(2)18-11-16(3)12-19(13-18)22-21-8-7-20(24(4,5)6)14-17(21)9-10-23-22/h7-15H,1-6H3. The van der Waals surface area contributed by atoms with Crippen LogP contribution in [0.1, 0.15) is 30.9 Å². The van der Waals surface area contributed by atoms with Crippen molar-refractivity contribution >= 4 is 24.0 Å². The van der Waals surface area contributed by atoms with Crippen LogP contribution in [0.5, 0.6) is 0 Å². The number of pyridine rings is 1. The maximum atomic E-state index is 4.72. The number of aryl methyl sites for hydroxylation is 1. The van der Waals surface area contributed by atoms with Crippen LogP contribution in [0, 0.1) is 6.92 Å². The Labute approximate surface area is 146 Å². The molecule has 0 atom stereocenters. The fraction of sp³-hybridized carbons (Fsp3) is 0.318. The lowest BCUT2D eigenvalue weighted by molar-refractivity contribution is 0.865. The van der Waals surface area contributed by atoms with Crippen molar-refractivity contribution in [3.63, 3.8) is 0 Å². The maximum Gasteiger partial charge on any atom is 0.0780 e. The van der Waals surface area contributed by atoms with Gasteiger partial charge in [0.25, 0.3) is 0 Å². The van der Waals surface area contributed by atoms with E-state index in [-0.39, 0.29) is 0 Å². The molecule has 0 aliphatic rings. The molecular formula is C22H27NSi. The van der Waals surface area contributed by atoms with Crippen LogP contribution < -0.4 is 5.19 Å². The number of rotatable bonds is 3. The Hall–Kier alpha value is -1.93. The van der Waals surface area contributed by atoms with E-state index >= 15 is 0 Å². The number of nitrogens with zero attached hydrogens (tertiary/aromatic N) is 1. The first-order chi connectivity index (χ1) is 11.3. The molecule has 3 rings (SSSR count). The first-order valence-electron chi connectivity index (χ1n) is 8.77. The SMILES string of the molecule is Cc1cc(-c2nccc3cc([Si](C)(C)C)ccc23)cc(C(C)C)c1. The highest BCUT2D eigenvalue weighted by atomic mass is 28.3. The number of hydrogen-bond acceptors (Lipinski definition) is 1. The van der Waals surface area contributed by atoms with Crippen LogP contribution in [0.15, 0.2) is 48.7 Å². The molecule has 124 valence electrons. The highest BCUT2D eigenvalue weighted by molar-refractivity contribution is 6.88. The van der Waals surface area contributed by atoms with E-state index in [1.54, 1.807) is 0 Å². The van der Waals surface area contributed by atoms with Crippen molar-refractivity contribution in [2.75, 3.05) is 0 Å². The summed E-state index contributed by atoms with van der Waals surface area (Å²) in [7, 11) is -1.30. The molecule has 0 saturated carbocycles. The summed E-state index contributed by atoms with van der Waals surface area (Å²) in [6, 6.07) is 15.9. The second-order valence-electron chi connectivity index (χ2n) is 8.13. The smallest absolute Gasteiger partial charge is 0.0780 e. The summed E-state index contributed by atoms with van der Waals surface area (Å²) in [5.41, 5.74) is 5.00. The minimum absolute atomic E-state index is 0.525. The Kier molecular flexibility index (Phi) is 4.35. The van der Waals surface area contributed by atoms with E-state index in [0.29, 0.717) is 5.92 Å². The lowest BCUT2D eigenvalue weighted by Crippen LogP contribution is -2.37. The third-order valence-corrected chi connectivity index (χ3v) is 6.71. The first-order valence-corrected chi connectivity index (χ1v) is 12.3. The van der Waals surface area contributed by atoms with Crippen LogP contribution in [0.4, 0.5) is 0 Å². The van der Waals surface area contributed by atoms with E-state index in [9.17, 15) is 0 Å². The average Bonchev–Trinajstić information content (AvgIpc) is 2.52. The summed E-state index contributed by atoms with van der Waals surface area (Å²) in [4.78, 5) is 4.72. The van der Waals surface area contributed by atoms with Gasteiger partial charge in [-0.25, -0.2) is 0 Å². The molecule has 0 unspecified atom stereocenters. The van der Waals surface area contributed by atoms with Crippen LogP contribution in [0.3, 0.4) is 0 Å². The molecule has 1 heterocycles. The zero-order chi connectivity index (χ0) is 17.5. The molecule has 0 amide bonds. The normalized spacial score (nSPS) is 12.1. The number of hydrogen-bond donors (Lipinski definition) is 0. The second-order valence-corrected chi connectivity index (χ2v) is 13.2. The van der Waals surface area contributed by atoms with Crippen molar-refractivity contribution in [3.05, 3.63) is 59.8 Å². The third kappa shape index (κ3) is 3.29. The molecule has 0 saturated heterocycles. The summed E-state index contributed by atoms with van der Waals surface area (Å²) in [5.74, 6) is 0.525. The van der Waals surface area contributed by atoms with E-state index in [0.717, 1.165) is 5.69 Å². The van der Waals surface area contributed by atoms with Crippen molar-refractivity contribution < 1.29 is 0 Å². The van der Waals surface area contributed by atoms with Gasteiger partial charge in [0, 0.05) is 17.1 Å². The molecule has 0 radical (unpaired) electrons. The van der Waals surface area contributed by atoms with Gasteiger partial charge in [0.15, 0.2) is 0 Å². The van der Waals surface area contributed by atoms with Crippen LogP contribution >= 0.6 is 0 Å². The Morgan fingerprint density at radius 1 is 0.917 bits per heavy atom. The van der Waals surface area contributed by atoms with Gasteiger partial charge in [-0.1, -0.05) is 68.5 Å². The lowest BCUT2D eigenvalue weighted by atomic mass is 9.95. The Morgan fingerprint density at radius 2 is 1.67 bits per heavy atom. The average molecular weight is 334 g/mol. The predicted octanol–water partition coefficient (Wildman–Crippen LogP) is 5.88. The predicted molar refractivity (Wildman–Crippen MR) is 109 cm³/mol. The third-order valence-electron chi connectivity index (χ3n) is 4.67. The molecule has 0 N–H and O–H groups in total. The van der Waals surface area contributed by atoms with Gasteiger partial charge in [-0.2, -0.15) is 0 Å². The molecule has 1 nitrogen and oxygen atoms in total. The van der Waals surface area contributed by atoms with Crippen molar-refractivity contribution in [1.82, 2.24) is 4.98 Å². The molecule has 2 aromatic carbocycles. The van der Waals surface area contributed by atoms with E-state index < -0.39 is 8.07 Å². The fourth-order valence-electron chi connectivity index (χ4n) is 3.16. The van der Waals surface area contributed by atoms with E-state index in [1.165, 1.54) is 32.6 Å². The molecule has 0 aliphatic carbocycles. The van der Waals surface area contributed by atoms with Gasteiger partial charge in [0.05, 0.1) is 13.8 Å². The van der Waals surface area contributed by atoms with Gasteiger partial charge >= 0.3 is 0 Å². The Balaban J connectivity index is 2.21. The molecule has 0 bridgehead atoms. The highest BCUT2D eigenvalue weighted by Crippen LogP contribution is 2.29. The second kappa shape index (κ2) is 6.17. The molecule has 0 spiro atoms. The molecule has 0 fully saturated rings. The molecule has 2 heteroatoms. The van der Waals surface area contributed by atoms with E-state index in [1.807, 2.05) is 6.20 Å². The number of aromatic nitrogens is 1. The van der Waals surface area contributed by atoms with Gasteiger partial charge in [-0.15, -0.1) is 0 Å². The van der Waals surface area contributed by atoms with Gasteiger partial charge in [0.2, 0.25) is 0 Å². The largest absolute Gasteiger partial charge is 0.256 e. The number of benzene rings is 2. The molecule has 1 aromatic heterocycles. The Morgan fingerprint density at radius 3 is 2.33 bits per heavy atom. The zero-order valence-electron chi connectivity index (χ0n) is 15.6. The minimum atomic E-state index is -1.30. The molecule has 3 aromatic rings. The first kappa shape index (κ1) is 16.9. The topological polar surface area (TPSA) is 12.9 Å². The van der Waals surface area contributed by atoms with E-state index in [2.05, 4.69) is 82.9 Å². The van der Waals surface area contributed by atoms with Gasteiger partial charge < -0.3 is 0 Å². The summed E-state index contributed by atoms with van der Waals surface area (Å²) in [6.07, 6.45) is 1.95. The van der Waals surface area contributed by atoms with Gasteiger partial charge in [0.1, 0.15) is 0 Å². The highest BCUT2D eigenvalue weighted by Gasteiger charge is 2.17. The molecule has 24 heavy (non-hydrogen) atoms. The maximum absolute atomic E-state index is 4.72. The van der Waals surface area contributed by atoms with E-state index in [4.69, 9.17) is 4.98 Å². The molecular weight excluding hydrogens is 306 g/mol. The van der Waals surface area contributed by atoms with Crippen molar-refractivity contribution in [2.45, 2.75) is 46.3 Å². The van der Waals surface area contributed by atoms with Crippen LogP contribution in [-0.4, -0.2) is 13.1 Å². The van der Waals surface area contributed by atoms with Gasteiger partial charge in [-0.3, -0.25) is 4.98 Å². The number of fused-ring (bicyclic) bond motifs is 1. The lowest BCUT2D eigenvalue weighted by Gasteiger charge is -2.18. The van der Waals surface area contributed by atoms with Crippen LogP contribution in [0.25, 0.3) is 22.0 Å². The summed E-state index contributed by atoms with van der Waals surface area (Å²) in [6.45, 7) is 13.8. The van der Waals surface area contributed by atoms with Crippen molar-refractivity contribution in [1.29, 1.82) is 0 Å². The Bertz CT molecular complexity index is 888. The summed E-state index contributed by atoms with van der Waals surface area (Å²) < 4.78 is 0. The molecule has 0 aliphatic heterocycles. The van der Waals surface area contributed by atoms with Crippen molar-refractivity contribution in [3.8, 4) is 11.3 Å². The minimum Gasteiger partial charge on any atom is -0.256 e. The summed E-state index contributed by atoms with van der Waals surface area (Å²) in [5, 5.41) is 4.05. The zero-order valence-corrected chi connectivity index (χ0v) is 16.6. The quantitative estimate of drug-likeness (QED) is 0.545. The summed E-state index contributed by atoms with van der Waals surface area (Å²) >= 11 is 0.